The number of aliphatic hydroxyl groups excluding tert-OH is 1. The predicted molar refractivity (Wildman–Crippen MR) is 445 cm³/mol. The van der Waals surface area contributed by atoms with Crippen molar-refractivity contribution in [3.8, 4) is 0 Å². The van der Waals surface area contributed by atoms with Gasteiger partial charge in [0.1, 0.15) is 61.0 Å². The zero-order chi connectivity index (χ0) is 85.5. The summed E-state index contributed by atoms with van der Waals surface area (Å²) in [6, 6.07) is 76.9. The number of benzene rings is 9. The molecule has 0 unspecified atom stereocenters. The topological polar surface area (TPSA) is 343 Å². The van der Waals surface area contributed by atoms with Crippen molar-refractivity contribution in [2.24, 2.45) is 5.92 Å². The van der Waals surface area contributed by atoms with Crippen LogP contribution in [0.1, 0.15) is 90.1 Å². The Morgan fingerprint density at radius 2 is 0.740 bits per heavy atom. The number of aliphatic hydroxyl groups is 1. The number of methoxy groups -OCH3 is 1. The van der Waals surface area contributed by atoms with Gasteiger partial charge in [0, 0.05) is 19.2 Å². The van der Waals surface area contributed by atoms with E-state index < -0.39 is 163 Å². The molecule has 9 aromatic rings. The van der Waals surface area contributed by atoms with E-state index in [1.807, 2.05) is 182 Å². The van der Waals surface area contributed by atoms with Gasteiger partial charge in [-0.15, -0.1) is 0 Å². The Bertz CT molecular complexity index is 4870. The predicted octanol–water partition coefficient (Wildman–Crippen LogP) is 9.84. The van der Waals surface area contributed by atoms with Crippen molar-refractivity contribution < 1.29 is 113 Å². The van der Waals surface area contributed by atoms with E-state index in [1.54, 1.807) is 48.5 Å². The maximum atomic E-state index is 15.1. The first-order valence-corrected chi connectivity index (χ1v) is 42.4. The maximum absolute atomic E-state index is 15.1. The van der Waals surface area contributed by atoms with E-state index in [-0.39, 0.29) is 75.4 Å². The number of esters is 2. The number of nitrogens with one attached hydrogen (secondary N) is 4. The van der Waals surface area contributed by atoms with E-state index in [2.05, 4.69) is 21.3 Å². The summed E-state index contributed by atoms with van der Waals surface area (Å²) in [4.78, 5) is 80.9. The number of amides is 4. The van der Waals surface area contributed by atoms with Crippen molar-refractivity contribution in [3.05, 3.63) is 317 Å². The van der Waals surface area contributed by atoms with E-state index in [0.29, 0.717) is 18.0 Å². The molecule has 13 rings (SSSR count). The summed E-state index contributed by atoms with van der Waals surface area (Å²) in [5.41, 5.74) is 4.78. The van der Waals surface area contributed by atoms with Gasteiger partial charge in [0.15, 0.2) is 31.1 Å². The Morgan fingerprint density at radius 3 is 1.20 bits per heavy atom. The van der Waals surface area contributed by atoms with Gasteiger partial charge < -0.3 is 92.7 Å². The van der Waals surface area contributed by atoms with E-state index >= 15 is 9.59 Å². The number of carbonyl (C=O) groups is 6. The average Bonchev–Trinajstić information content (AvgIpc) is 0.800. The highest BCUT2D eigenvalue weighted by Gasteiger charge is 2.57. The molecule has 0 spiro atoms. The van der Waals surface area contributed by atoms with Crippen LogP contribution < -0.4 is 21.3 Å². The van der Waals surface area contributed by atoms with Gasteiger partial charge in [-0.25, -0.2) is 9.59 Å². The zero-order valence-corrected chi connectivity index (χ0v) is 68.7. The lowest BCUT2D eigenvalue weighted by molar-refractivity contribution is -0.370. The third-order valence-electron chi connectivity index (χ3n) is 21.2. The fourth-order valence-electron chi connectivity index (χ4n) is 14.7. The summed E-state index contributed by atoms with van der Waals surface area (Å²) in [5.74, 6) is -3.95. The summed E-state index contributed by atoms with van der Waals surface area (Å²) < 4.78 is 131. The molecule has 4 fully saturated rings. The number of hydrogen-bond acceptors (Lipinski definition) is 24. The molecule has 28 nitrogen and oxygen atoms in total. The Labute approximate surface area is 714 Å². The average molecular weight is 1700 g/mol. The second-order valence-corrected chi connectivity index (χ2v) is 31.6. The Balaban J connectivity index is 0.843. The number of carbonyl (C=O) groups excluding carboxylic acids is 6. The van der Waals surface area contributed by atoms with E-state index in [0.717, 1.165) is 65.6 Å². The van der Waals surface area contributed by atoms with Crippen LogP contribution in [0.3, 0.4) is 0 Å². The second kappa shape index (κ2) is 46.1. The molecule has 9 aromatic carbocycles. The maximum Gasteiger partial charge on any atom is 0.338 e. The van der Waals surface area contributed by atoms with Crippen LogP contribution in [0.2, 0.25) is 0 Å². The van der Waals surface area contributed by atoms with Crippen LogP contribution in [-0.2, 0) is 135 Å². The molecule has 3 saturated heterocycles. The Morgan fingerprint density at radius 1 is 0.366 bits per heavy atom. The monoisotopic (exact) mass is 1700 g/mol. The molecule has 0 aromatic heterocycles. The first kappa shape index (κ1) is 89.9. The number of hydrogen-bond donors (Lipinski definition) is 5. The minimum absolute atomic E-state index is 0.0104. The second-order valence-electron chi connectivity index (χ2n) is 30.0. The molecule has 3 heterocycles. The third-order valence-corrected chi connectivity index (χ3v) is 22.5. The van der Waals surface area contributed by atoms with E-state index in [9.17, 15) is 32.7 Å². The SMILES string of the molecule is CO[C@H]1O[C@H](CO[C@@H]2O[C@H](COS(=O)(=O)c3ccc(C(=O)NCC(=O)NCC(=O)NCC(=O)NCC4CCCC4)cc3)[C@@H](O)[C@H](O[C@@H]3O[C@H](COCc4ccccc4)[C@@H](OCc4ccccc4)[C@H](OCc4ccccc4)[C@H]3OC(=O)c3ccccc3)[C@H]2OC(=O)c2ccccc2)[C@@H](OCc2ccccc2)[C@H](OCc2ccccc2)[C@H]1OCc1ccccc1. The van der Waals surface area contributed by atoms with Gasteiger partial charge in [0.2, 0.25) is 17.7 Å². The van der Waals surface area contributed by atoms with Gasteiger partial charge in [0.25, 0.3) is 16.0 Å². The molecule has 4 aliphatic rings. The highest BCUT2D eigenvalue weighted by molar-refractivity contribution is 7.86. The van der Waals surface area contributed by atoms with Gasteiger partial charge in [-0.2, -0.15) is 8.42 Å². The summed E-state index contributed by atoms with van der Waals surface area (Å²) in [6.07, 6.45) is -18.2. The molecule has 15 atom stereocenters. The Hall–Kier alpha value is -10.8. The molecule has 648 valence electrons. The zero-order valence-electron chi connectivity index (χ0n) is 67.9. The molecule has 123 heavy (non-hydrogen) atoms. The van der Waals surface area contributed by atoms with Crippen LogP contribution in [-0.4, -0.2) is 194 Å². The van der Waals surface area contributed by atoms with Crippen molar-refractivity contribution in [2.75, 3.05) is 53.1 Å². The van der Waals surface area contributed by atoms with Gasteiger partial charge in [-0.05, 0) is 101 Å². The molecule has 29 heteroatoms. The first-order valence-electron chi connectivity index (χ1n) is 41.0. The normalized spacial score (nSPS) is 23.4. The standard InChI is InChI=1S/C94H102N4O24S/c1-108-92-86(114-59-69-40-20-7-21-41-69)84(112-57-67-36-16-5-17-37-67)82(111-56-66-34-14-4-15-35-66)76(118-92)61-115-93-87(120-90(104)71-42-22-8-23-43-71)83(80(102)74(117-93)62-116-123(106,107)73-48-46-70(47-49-73)89(103)98-53-79(101)97-52-78(100)96-51-77(99)95-50-63-28-26-27-29-63)122-94-88(121-91(105)72-44-24-9-25-45-72)85(113-58-68-38-18-6-19-39-68)81(110-55-65-32-12-3-13-33-65)75(119-94)60-109-54-64-30-10-2-11-31-64/h2-25,30-49,63,74-76,80-88,92-94,102H,26-29,50-62H2,1H3,(H,95,99)(H,96,100)(H,97,101)(H,98,103)/t74-,75-,76-,80-,81-,82-,83+,84+,85+,86-,87-,88-,92+,93-,94+/m1/s1. The van der Waals surface area contributed by atoms with Crippen molar-refractivity contribution in [3.63, 3.8) is 0 Å². The van der Waals surface area contributed by atoms with Crippen LogP contribution in [0.25, 0.3) is 0 Å². The van der Waals surface area contributed by atoms with Crippen LogP contribution in [0.15, 0.2) is 272 Å². The highest BCUT2D eigenvalue weighted by Crippen LogP contribution is 2.39. The third kappa shape index (κ3) is 26.4. The first-order chi connectivity index (χ1) is 60.1. The molecule has 0 radical (unpaired) electrons. The van der Waals surface area contributed by atoms with Gasteiger partial charge in [-0.3, -0.25) is 23.4 Å². The van der Waals surface area contributed by atoms with Crippen LogP contribution in [0.5, 0.6) is 0 Å². The largest absolute Gasteiger partial charge is 0.450 e. The molecule has 5 N–H and O–H groups in total. The summed E-state index contributed by atoms with van der Waals surface area (Å²) in [7, 11) is -3.47. The van der Waals surface area contributed by atoms with Crippen molar-refractivity contribution >= 4 is 45.7 Å². The van der Waals surface area contributed by atoms with Crippen molar-refractivity contribution in [1.82, 2.24) is 21.3 Å². The van der Waals surface area contributed by atoms with Crippen LogP contribution >= 0.6 is 0 Å². The summed E-state index contributed by atoms with van der Waals surface area (Å²) >= 11 is 0. The molecule has 1 aliphatic carbocycles. The lowest BCUT2D eigenvalue weighted by atomic mass is 9.95. The van der Waals surface area contributed by atoms with Crippen molar-refractivity contribution in [2.45, 2.75) is 162 Å². The summed E-state index contributed by atoms with van der Waals surface area (Å²) in [6.45, 7) is -2.45. The quantitative estimate of drug-likeness (QED) is 0.0175. The lowest BCUT2D eigenvalue weighted by Crippen LogP contribution is -2.67. The molecular weight excluding hydrogens is 1600 g/mol. The highest BCUT2D eigenvalue weighted by atomic mass is 32.2. The minimum atomic E-state index is -4.92. The minimum Gasteiger partial charge on any atom is -0.450 e. The number of ether oxygens (including phenoxy) is 14. The van der Waals surface area contributed by atoms with Crippen LogP contribution in [0.4, 0.5) is 0 Å². The Kier molecular flexibility index (Phi) is 33.7. The fourth-order valence-corrected chi connectivity index (χ4v) is 15.6. The lowest BCUT2D eigenvalue weighted by Gasteiger charge is -2.49. The number of rotatable bonds is 42. The van der Waals surface area contributed by atoms with Gasteiger partial charge >= 0.3 is 11.9 Å². The molecular formula is C94H102N4O24S. The molecule has 3 aliphatic heterocycles. The molecule has 4 amide bonds. The smallest absolute Gasteiger partial charge is 0.338 e. The van der Waals surface area contributed by atoms with Gasteiger partial charge in [-0.1, -0.05) is 231 Å². The summed E-state index contributed by atoms with van der Waals surface area (Å²) in [5, 5.41) is 23.5. The fraction of sp³-hybridized carbons (Fsp3) is 0.362. The molecule has 1 saturated carbocycles. The van der Waals surface area contributed by atoms with E-state index in [1.165, 1.54) is 31.4 Å². The van der Waals surface area contributed by atoms with E-state index in [4.69, 9.17) is 70.5 Å². The van der Waals surface area contributed by atoms with Crippen molar-refractivity contribution in [1.29, 1.82) is 0 Å². The van der Waals surface area contributed by atoms with Crippen LogP contribution in [0, 0.1) is 5.92 Å². The molecule has 0 bridgehead atoms. The van der Waals surface area contributed by atoms with Gasteiger partial charge in [0.05, 0.1) is 95.1 Å².